The highest BCUT2D eigenvalue weighted by Crippen LogP contribution is 2.27. The first-order valence-corrected chi connectivity index (χ1v) is 6.69. The van der Waals surface area contributed by atoms with Crippen LogP contribution >= 0.6 is 0 Å². The molecule has 1 aromatic carbocycles. The van der Waals surface area contributed by atoms with Gasteiger partial charge in [0, 0.05) is 48.5 Å². The Bertz CT molecular complexity index is 691. The van der Waals surface area contributed by atoms with Crippen LogP contribution in [0.25, 0.3) is 10.8 Å². The number of aromatic nitrogens is 3. The molecule has 0 bridgehead atoms. The van der Waals surface area contributed by atoms with Crippen LogP contribution in [0.15, 0.2) is 43.0 Å². The van der Waals surface area contributed by atoms with Crippen LogP contribution in [-0.2, 0) is 6.42 Å². The van der Waals surface area contributed by atoms with Crippen molar-refractivity contribution in [3.8, 4) is 0 Å². The Kier molecular flexibility index (Phi) is 3.50. The maximum absolute atomic E-state index is 6.19. The first-order chi connectivity index (χ1) is 9.84. The van der Waals surface area contributed by atoms with Crippen LogP contribution in [0.1, 0.15) is 12.2 Å². The number of aromatic amines is 1. The number of benzene rings is 1. The molecule has 0 amide bonds. The molecule has 0 fully saturated rings. The van der Waals surface area contributed by atoms with Crippen molar-refractivity contribution in [2.45, 2.75) is 12.8 Å². The van der Waals surface area contributed by atoms with Gasteiger partial charge in [-0.3, -0.25) is 4.98 Å². The summed E-state index contributed by atoms with van der Waals surface area (Å²) in [6.07, 6.45) is 9.14. The Hall–Kier alpha value is -2.56. The Morgan fingerprint density at radius 2 is 2.15 bits per heavy atom. The lowest BCUT2D eigenvalue weighted by Crippen LogP contribution is -2.06. The molecule has 5 nitrogen and oxygen atoms in total. The summed E-state index contributed by atoms with van der Waals surface area (Å²) >= 11 is 0. The number of anilines is 2. The zero-order chi connectivity index (χ0) is 13.8. The summed E-state index contributed by atoms with van der Waals surface area (Å²) in [5.74, 6) is 1.02. The lowest BCUT2D eigenvalue weighted by atomic mass is 10.1. The van der Waals surface area contributed by atoms with E-state index < -0.39 is 0 Å². The van der Waals surface area contributed by atoms with Gasteiger partial charge in [-0.05, 0) is 18.6 Å². The van der Waals surface area contributed by atoms with Gasteiger partial charge in [0.15, 0.2) is 0 Å². The smallest absolute Gasteiger partial charge is 0.106 e. The topological polar surface area (TPSA) is 79.6 Å². The quantitative estimate of drug-likeness (QED) is 0.490. The SMILES string of the molecule is Nc1c(NCCCc2ncc[nH]2)ccc2cnccc12. The van der Waals surface area contributed by atoms with Crippen molar-refractivity contribution in [1.29, 1.82) is 0 Å². The molecule has 2 heterocycles. The molecule has 0 atom stereocenters. The second kappa shape index (κ2) is 5.61. The normalized spacial score (nSPS) is 10.8. The largest absolute Gasteiger partial charge is 0.397 e. The van der Waals surface area contributed by atoms with Gasteiger partial charge in [0.1, 0.15) is 5.82 Å². The highest BCUT2D eigenvalue weighted by Gasteiger charge is 2.04. The predicted octanol–water partition coefficient (Wildman–Crippen LogP) is 2.58. The molecule has 0 saturated heterocycles. The monoisotopic (exact) mass is 267 g/mol. The molecule has 4 N–H and O–H groups in total. The third-order valence-corrected chi connectivity index (χ3v) is 3.32. The fraction of sp³-hybridized carbons (Fsp3) is 0.200. The Morgan fingerprint density at radius 1 is 1.20 bits per heavy atom. The number of imidazole rings is 1. The van der Waals surface area contributed by atoms with Gasteiger partial charge in [0.2, 0.25) is 0 Å². The summed E-state index contributed by atoms with van der Waals surface area (Å²) in [4.78, 5) is 11.4. The third kappa shape index (κ3) is 2.56. The van der Waals surface area contributed by atoms with Crippen molar-refractivity contribution in [1.82, 2.24) is 15.0 Å². The van der Waals surface area contributed by atoms with Gasteiger partial charge >= 0.3 is 0 Å². The zero-order valence-corrected chi connectivity index (χ0v) is 11.1. The summed E-state index contributed by atoms with van der Waals surface area (Å²) < 4.78 is 0. The molecule has 0 radical (unpaired) electrons. The molecule has 3 aromatic rings. The van der Waals surface area contributed by atoms with Gasteiger partial charge in [-0.1, -0.05) is 6.07 Å². The molecule has 0 aliphatic heterocycles. The summed E-state index contributed by atoms with van der Waals surface area (Å²) in [6, 6.07) is 5.98. The molecule has 3 rings (SSSR count). The first kappa shape index (κ1) is 12.5. The minimum absolute atomic E-state index is 0.780. The highest BCUT2D eigenvalue weighted by atomic mass is 14.9. The Morgan fingerprint density at radius 3 is 3.00 bits per heavy atom. The number of rotatable bonds is 5. The van der Waals surface area contributed by atoms with E-state index in [0.717, 1.165) is 47.4 Å². The zero-order valence-electron chi connectivity index (χ0n) is 11.1. The number of nitrogens with one attached hydrogen (secondary N) is 2. The molecule has 20 heavy (non-hydrogen) atoms. The van der Waals surface area contributed by atoms with Gasteiger partial charge in [-0.25, -0.2) is 4.98 Å². The third-order valence-electron chi connectivity index (χ3n) is 3.32. The molecule has 0 unspecified atom stereocenters. The van der Waals surface area contributed by atoms with Crippen molar-refractivity contribution in [2.75, 3.05) is 17.6 Å². The predicted molar refractivity (Wildman–Crippen MR) is 81.6 cm³/mol. The van der Waals surface area contributed by atoms with E-state index in [4.69, 9.17) is 5.73 Å². The van der Waals surface area contributed by atoms with Crippen LogP contribution in [-0.4, -0.2) is 21.5 Å². The van der Waals surface area contributed by atoms with Crippen LogP contribution in [0.2, 0.25) is 0 Å². The van der Waals surface area contributed by atoms with Crippen molar-refractivity contribution in [3.05, 3.63) is 48.8 Å². The van der Waals surface area contributed by atoms with Crippen LogP contribution < -0.4 is 11.1 Å². The van der Waals surface area contributed by atoms with Crippen molar-refractivity contribution < 1.29 is 0 Å². The maximum atomic E-state index is 6.19. The number of fused-ring (bicyclic) bond motifs is 1. The number of H-pyrrole nitrogens is 1. The molecular formula is C15H17N5. The van der Waals surface area contributed by atoms with E-state index in [9.17, 15) is 0 Å². The van der Waals surface area contributed by atoms with Crippen molar-refractivity contribution >= 4 is 22.1 Å². The molecule has 2 aromatic heterocycles. The Balaban J connectivity index is 1.64. The number of aryl methyl sites for hydroxylation is 1. The standard InChI is InChI=1S/C15H17N5/c16-15-12-5-7-17-10-11(12)3-4-13(15)18-6-1-2-14-19-8-9-20-14/h3-5,7-10,18H,1-2,6,16H2,(H,19,20). The summed E-state index contributed by atoms with van der Waals surface area (Å²) in [6.45, 7) is 0.863. The van der Waals surface area contributed by atoms with Crippen LogP contribution in [0.5, 0.6) is 0 Å². The van der Waals surface area contributed by atoms with Crippen molar-refractivity contribution in [3.63, 3.8) is 0 Å². The van der Waals surface area contributed by atoms with E-state index >= 15 is 0 Å². The molecule has 0 spiro atoms. The average molecular weight is 267 g/mol. The molecule has 102 valence electrons. The maximum Gasteiger partial charge on any atom is 0.106 e. The van der Waals surface area contributed by atoms with E-state index in [1.165, 1.54) is 0 Å². The van der Waals surface area contributed by atoms with Crippen molar-refractivity contribution in [2.24, 2.45) is 0 Å². The molecular weight excluding hydrogens is 250 g/mol. The molecule has 5 heteroatoms. The lowest BCUT2D eigenvalue weighted by Gasteiger charge is -2.11. The lowest BCUT2D eigenvalue weighted by molar-refractivity contribution is 0.817. The minimum Gasteiger partial charge on any atom is -0.397 e. The minimum atomic E-state index is 0.780. The molecule has 0 saturated carbocycles. The van der Waals surface area contributed by atoms with Gasteiger partial charge in [-0.15, -0.1) is 0 Å². The first-order valence-electron chi connectivity index (χ1n) is 6.69. The van der Waals surface area contributed by atoms with E-state index in [1.54, 1.807) is 12.4 Å². The highest BCUT2D eigenvalue weighted by molar-refractivity contribution is 5.98. The van der Waals surface area contributed by atoms with E-state index in [1.807, 2.05) is 30.6 Å². The van der Waals surface area contributed by atoms with Gasteiger partial charge in [-0.2, -0.15) is 0 Å². The van der Waals surface area contributed by atoms with Gasteiger partial charge in [0.05, 0.1) is 11.4 Å². The number of hydrogen-bond acceptors (Lipinski definition) is 4. The number of nitrogens with two attached hydrogens (primary N) is 1. The van der Waals surface area contributed by atoms with Gasteiger partial charge < -0.3 is 16.0 Å². The summed E-state index contributed by atoms with van der Waals surface area (Å²) in [5, 5.41) is 5.48. The number of nitrogen functional groups attached to an aromatic ring is 1. The van der Waals surface area contributed by atoms with Crippen LogP contribution in [0, 0.1) is 0 Å². The van der Waals surface area contributed by atoms with Gasteiger partial charge in [0.25, 0.3) is 0 Å². The summed E-state index contributed by atoms with van der Waals surface area (Å²) in [7, 11) is 0. The summed E-state index contributed by atoms with van der Waals surface area (Å²) in [5.41, 5.74) is 7.94. The van der Waals surface area contributed by atoms with E-state index in [0.29, 0.717) is 0 Å². The molecule has 0 aliphatic rings. The average Bonchev–Trinajstić information content (AvgIpc) is 2.99. The van der Waals surface area contributed by atoms with Crippen LogP contribution in [0.4, 0.5) is 11.4 Å². The Labute approximate surface area is 117 Å². The second-order valence-electron chi connectivity index (χ2n) is 4.69. The fourth-order valence-corrected chi connectivity index (χ4v) is 2.26. The van der Waals surface area contributed by atoms with E-state index in [-0.39, 0.29) is 0 Å². The number of pyridine rings is 1. The van der Waals surface area contributed by atoms with E-state index in [2.05, 4.69) is 20.3 Å². The number of nitrogens with zero attached hydrogens (tertiary/aromatic N) is 2. The van der Waals surface area contributed by atoms with Crippen LogP contribution in [0.3, 0.4) is 0 Å². The molecule has 0 aliphatic carbocycles. The number of hydrogen-bond donors (Lipinski definition) is 3. The second-order valence-corrected chi connectivity index (χ2v) is 4.69. The fourth-order valence-electron chi connectivity index (χ4n) is 2.26.